The number of hydrogen-bond donors (Lipinski definition) is 4. The van der Waals surface area contributed by atoms with Crippen molar-refractivity contribution < 1.29 is 23.9 Å². The first-order valence-corrected chi connectivity index (χ1v) is 6.59. The quantitative estimate of drug-likeness (QED) is 0.284. The van der Waals surface area contributed by atoms with E-state index < -0.39 is 35.8 Å². The molecule has 0 aromatic heterocycles. The molecule has 0 aliphatic heterocycles. The molecule has 0 saturated carbocycles. The average molecular weight is 308 g/mol. The minimum absolute atomic E-state index is 0.0165. The van der Waals surface area contributed by atoms with Crippen LogP contribution in [0.25, 0.3) is 0 Å². The van der Waals surface area contributed by atoms with E-state index in [4.69, 9.17) is 0 Å². The topological polar surface area (TPSA) is 102 Å². The first-order chi connectivity index (χ1) is 8.81. The molecule has 2 atom stereocenters. The first kappa shape index (κ1) is 17.8. The van der Waals surface area contributed by atoms with E-state index in [0.717, 1.165) is 0 Å². The summed E-state index contributed by atoms with van der Waals surface area (Å²) < 4.78 is 4.55. The minimum atomic E-state index is -1.03. The number of rotatable bonds is 6. The maximum Gasteiger partial charge on any atom is 0.337 e. The highest BCUT2D eigenvalue weighted by Crippen LogP contribution is 1.98. The zero-order valence-electron chi connectivity index (χ0n) is 10.5. The SMILES string of the molecule is CC(=O)N[C@@H](CS)C(=O)OC(=O)[C@@H](CS)NC(C)=O. The Bertz CT molecular complexity index is 341. The maximum atomic E-state index is 11.6. The second-order valence-corrected chi connectivity index (χ2v) is 4.34. The minimum Gasteiger partial charge on any atom is -0.390 e. The Balaban J connectivity index is 4.55. The fraction of sp³-hybridized carbons (Fsp3) is 0.600. The van der Waals surface area contributed by atoms with Crippen molar-refractivity contribution in [2.24, 2.45) is 0 Å². The number of carbonyl (C=O) groups is 4. The van der Waals surface area contributed by atoms with Gasteiger partial charge in [-0.25, -0.2) is 9.59 Å². The Hall–Kier alpha value is -1.22. The number of ether oxygens (including phenoxy) is 1. The Morgan fingerprint density at radius 3 is 1.42 bits per heavy atom. The molecule has 7 nitrogen and oxygen atoms in total. The molecule has 0 radical (unpaired) electrons. The van der Waals surface area contributed by atoms with Gasteiger partial charge in [-0.05, 0) is 0 Å². The van der Waals surface area contributed by atoms with Gasteiger partial charge < -0.3 is 15.4 Å². The number of hydrogen-bond acceptors (Lipinski definition) is 7. The number of esters is 2. The highest BCUT2D eigenvalue weighted by Gasteiger charge is 2.27. The molecule has 2 N–H and O–H groups in total. The lowest BCUT2D eigenvalue weighted by atomic mass is 10.3. The molecule has 0 aliphatic rings. The van der Waals surface area contributed by atoms with Crippen LogP contribution in [-0.2, 0) is 23.9 Å². The third kappa shape index (κ3) is 7.06. The van der Waals surface area contributed by atoms with E-state index in [-0.39, 0.29) is 11.5 Å². The molecule has 19 heavy (non-hydrogen) atoms. The Kier molecular flexibility index (Phi) is 8.24. The largest absolute Gasteiger partial charge is 0.390 e. The summed E-state index contributed by atoms with van der Waals surface area (Å²) in [5, 5.41) is 4.57. The lowest BCUT2D eigenvalue weighted by Gasteiger charge is -2.17. The molecular formula is C10H16N2O5S2. The van der Waals surface area contributed by atoms with E-state index in [1.807, 2.05) is 0 Å². The Morgan fingerprint density at radius 2 is 1.21 bits per heavy atom. The van der Waals surface area contributed by atoms with E-state index >= 15 is 0 Å². The van der Waals surface area contributed by atoms with Gasteiger partial charge in [0.25, 0.3) is 0 Å². The molecule has 0 bridgehead atoms. The zero-order chi connectivity index (χ0) is 15.0. The Morgan fingerprint density at radius 1 is 0.895 bits per heavy atom. The third-order valence-corrected chi connectivity index (χ3v) is 2.62. The normalized spacial score (nSPS) is 13.1. The molecule has 9 heteroatoms. The van der Waals surface area contributed by atoms with Crippen LogP contribution in [0.4, 0.5) is 0 Å². The smallest absolute Gasteiger partial charge is 0.337 e. The van der Waals surface area contributed by atoms with Gasteiger partial charge in [0.1, 0.15) is 12.1 Å². The fourth-order valence-electron chi connectivity index (χ4n) is 1.09. The molecule has 0 unspecified atom stereocenters. The Labute approximate surface area is 121 Å². The molecule has 0 aromatic rings. The van der Waals surface area contributed by atoms with Crippen molar-refractivity contribution in [3.05, 3.63) is 0 Å². The van der Waals surface area contributed by atoms with Crippen LogP contribution < -0.4 is 10.6 Å². The van der Waals surface area contributed by atoms with Gasteiger partial charge in [0.05, 0.1) is 0 Å². The predicted molar refractivity (Wildman–Crippen MR) is 74.0 cm³/mol. The van der Waals surface area contributed by atoms with Gasteiger partial charge in [-0.2, -0.15) is 25.3 Å². The molecule has 0 rings (SSSR count). The van der Waals surface area contributed by atoms with Crippen molar-refractivity contribution >= 4 is 49.0 Å². The van der Waals surface area contributed by atoms with Gasteiger partial charge in [0, 0.05) is 25.4 Å². The van der Waals surface area contributed by atoms with Gasteiger partial charge >= 0.3 is 11.9 Å². The lowest BCUT2D eigenvalue weighted by molar-refractivity contribution is -0.163. The van der Waals surface area contributed by atoms with Gasteiger partial charge in [-0.15, -0.1) is 0 Å². The molecular weight excluding hydrogens is 292 g/mol. The average Bonchev–Trinajstić information content (AvgIpc) is 2.31. The molecule has 108 valence electrons. The van der Waals surface area contributed by atoms with Crippen LogP contribution in [0.1, 0.15) is 13.8 Å². The van der Waals surface area contributed by atoms with Crippen molar-refractivity contribution in [3.63, 3.8) is 0 Å². The number of amides is 2. The molecule has 0 spiro atoms. The standard InChI is InChI=1S/C10H16N2O5S2/c1-5(13)11-7(3-18)9(15)17-10(16)8(4-19)12-6(2)14/h7-8,18-19H,3-4H2,1-2H3,(H,11,13)(H,12,14)/t7-,8+. The number of nitrogens with one attached hydrogen (secondary N) is 2. The van der Waals surface area contributed by atoms with Gasteiger partial charge in [0.15, 0.2) is 0 Å². The number of carbonyl (C=O) groups excluding carboxylic acids is 4. The predicted octanol–water partition coefficient (Wildman–Crippen LogP) is -1.07. The summed E-state index contributed by atoms with van der Waals surface area (Å²) in [6, 6.07) is -2.05. The van der Waals surface area contributed by atoms with Gasteiger partial charge in [0.2, 0.25) is 11.8 Å². The second-order valence-electron chi connectivity index (χ2n) is 3.61. The van der Waals surface area contributed by atoms with Crippen LogP contribution in [0.2, 0.25) is 0 Å². The van der Waals surface area contributed by atoms with Crippen LogP contribution in [0, 0.1) is 0 Å². The third-order valence-electron chi connectivity index (χ3n) is 1.89. The summed E-state index contributed by atoms with van der Waals surface area (Å²) in [6.07, 6.45) is 0. The van der Waals surface area contributed by atoms with Gasteiger partial charge in [-0.1, -0.05) is 0 Å². The summed E-state index contributed by atoms with van der Waals surface area (Å²) in [4.78, 5) is 44.8. The van der Waals surface area contributed by atoms with Crippen molar-refractivity contribution in [1.82, 2.24) is 10.6 Å². The number of thiol groups is 2. The summed E-state index contributed by atoms with van der Waals surface area (Å²) in [7, 11) is 0. The van der Waals surface area contributed by atoms with Crippen LogP contribution in [0.5, 0.6) is 0 Å². The van der Waals surface area contributed by atoms with Crippen LogP contribution >= 0.6 is 25.3 Å². The highest BCUT2D eigenvalue weighted by molar-refractivity contribution is 7.80. The highest BCUT2D eigenvalue weighted by atomic mass is 32.1. The van der Waals surface area contributed by atoms with Crippen LogP contribution in [0.3, 0.4) is 0 Å². The van der Waals surface area contributed by atoms with Crippen molar-refractivity contribution in [2.45, 2.75) is 25.9 Å². The van der Waals surface area contributed by atoms with E-state index in [1.54, 1.807) is 0 Å². The van der Waals surface area contributed by atoms with Gasteiger partial charge in [-0.3, -0.25) is 9.59 Å². The fourth-order valence-corrected chi connectivity index (χ4v) is 1.57. The summed E-state index contributed by atoms with van der Waals surface area (Å²) >= 11 is 7.74. The van der Waals surface area contributed by atoms with Crippen LogP contribution in [-0.4, -0.2) is 47.3 Å². The lowest BCUT2D eigenvalue weighted by Crippen LogP contribution is -2.47. The summed E-state index contributed by atoms with van der Waals surface area (Å²) in [6.45, 7) is 2.44. The summed E-state index contributed by atoms with van der Waals surface area (Å²) in [5.41, 5.74) is 0. The monoisotopic (exact) mass is 308 g/mol. The first-order valence-electron chi connectivity index (χ1n) is 5.33. The van der Waals surface area contributed by atoms with Crippen molar-refractivity contribution in [2.75, 3.05) is 11.5 Å². The molecule has 0 heterocycles. The zero-order valence-corrected chi connectivity index (χ0v) is 12.3. The molecule has 0 aliphatic carbocycles. The van der Waals surface area contributed by atoms with Crippen LogP contribution in [0.15, 0.2) is 0 Å². The van der Waals surface area contributed by atoms with E-state index in [2.05, 4.69) is 40.6 Å². The molecule has 0 aromatic carbocycles. The van der Waals surface area contributed by atoms with Crippen molar-refractivity contribution in [1.29, 1.82) is 0 Å². The van der Waals surface area contributed by atoms with E-state index in [9.17, 15) is 19.2 Å². The van der Waals surface area contributed by atoms with E-state index in [0.29, 0.717) is 0 Å². The second kappa shape index (κ2) is 8.81. The molecule has 0 fully saturated rings. The molecule has 2 amide bonds. The van der Waals surface area contributed by atoms with Crippen molar-refractivity contribution in [3.8, 4) is 0 Å². The molecule has 0 saturated heterocycles. The summed E-state index contributed by atoms with van der Waals surface area (Å²) in [5.74, 6) is -2.80. The maximum absolute atomic E-state index is 11.6. The van der Waals surface area contributed by atoms with E-state index in [1.165, 1.54) is 13.8 Å².